The molecule has 0 radical (unpaired) electrons. The van der Waals surface area contributed by atoms with Gasteiger partial charge in [0.25, 0.3) is 0 Å². The zero-order valence-corrected chi connectivity index (χ0v) is 11.1. The Morgan fingerprint density at radius 2 is 1.48 bits per heavy atom. The molecule has 0 unspecified atom stereocenters. The van der Waals surface area contributed by atoms with Gasteiger partial charge in [-0.3, -0.25) is 0 Å². The molecule has 2 aromatic rings. The summed E-state index contributed by atoms with van der Waals surface area (Å²) in [7, 11) is 0. The zero-order valence-electron chi connectivity index (χ0n) is 10.4. The topological polar surface area (TPSA) is 35.0 Å². The van der Waals surface area contributed by atoms with Crippen molar-refractivity contribution in [3.63, 3.8) is 0 Å². The first-order valence-corrected chi connectivity index (χ1v) is 5.83. The third-order valence-electron chi connectivity index (χ3n) is 2.38. The van der Waals surface area contributed by atoms with E-state index in [2.05, 4.69) is 14.7 Å². The van der Waals surface area contributed by atoms with Gasteiger partial charge < -0.3 is 4.74 Å². The fourth-order valence-corrected chi connectivity index (χ4v) is 1.76. The van der Waals surface area contributed by atoms with Crippen molar-refractivity contribution in [2.45, 2.75) is 13.5 Å². The molecule has 21 heavy (non-hydrogen) atoms. The van der Waals surface area contributed by atoms with Crippen LogP contribution in [0.2, 0.25) is 5.15 Å². The van der Waals surface area contributed by atoms with Crippen molar-refractivity contribution < 1.29 is 26.7 Å². The summed E-state index contributed by atoms with van der Waals surface area (Å²) < 4.78 is 70.1. The first kappa shape index (κ1) is 15.4. The highest BCUT2D eigenvalue weighted by Crippen LogP contribution is 2.29. The van der Waals surface area contributed by atoms with Gasteiger partial charge in [-0.2, -0.15) is 8.78 Å². The monoisotopic (exact) mass is 324 g/mol. The first-order chi connectivity index (χ1) is 9.81. The Morgan fingerprint density at radius 1 is 0.952 bits per heavy atom. The lowest BCUT2D eigenvalue weighted by Gasteiger charge is -2.10. The van der Waals surface area contributed by atoms with E-state index in [9.17, 15) is 22.0 Å². The van der Waals surface area contributed by atoms with Crippen LogP contribution in [-0.4, -0.2) is 9.97 Å². The molecule has 0 atom stereocenters. The predicted molar refractivity (Wildman–Crippen MR) is 62.3 cm³/mol. The number of hydrogen-bond acceptors (Lipinski definition) is 3. The summed E-state index contributed by atoms with van der Waals surface area (Å²) in [6, 6.07) is 1.42. The Labute approximate surface area is 120 Å². The molecule has 0 aliphatic rings. The lowest BCUT2D eigenvalue weighted by Crippen LogP contribution is -2.09. The van der Waals surface area contributed by atoms with E-state index < -0.39 is 41.4 Å². The van der Waals surface area contributed by atoms with Gasteiger partial charge in [0.15, 0.2) is 11.6 Å². The van der Waals surface area contributed by atoms with Crippen LogP contribution in [0.1, 0.15) is 11.5 Å². The minimum absolute atomic E-state index is 0.0542. The molecule has 2 rings (SSSR count). The normalized spacial score (nSPS) is 10.8. The van der Waals surface area contributed by atoms with E-state index in [4.69, 9.17) is 11.6 Å². The molecule has 0 aliphatic carbocycles. The summed E-state index contributed by atoms with van der Waals surface area (Å²) in [5, 5.41) is 0.0542. The Bertz CT molecular complexity index is 661. The maximum atomic E-state index is 13.4. The smallest absolute Gasteiger partial charge is 0.207 e. The van der Waals surface area contributed by atoms with E-state index in [-0.39, 0.29) is 11.0 Å². The maximum Gasteiger partial charge on any atom is 0.207 e. The van der Waals surface area contributed by atoms with E-state index >= 15 is 0 Å². The van der Waals surface area contributed by atoms with E-state index in [1.165, 1.54) is 6.07 Å². The molecular weight excluding hydrogens is 319 g/mol. The van der Waals surface area contributed by atoms with Gasteiger partial charge in [0.05, 0.1) is 0 Å². The molecule has 0 saturated carbocycles. The number of aryl methyl sites for hydroxylation is 1. The van der Waals surface area contributed by atoms with Crippen LogP contribution in [0.4, 0.5) is 22.0 Å². The standard InChI is InChI=1S/C12H6ClF5N2O/c1-4-2-5(13)20-6(19-4)3-21-12-10(17)8(15)7(14)9(16)11(12)18/h2H,3H2,1H3. The van der Waals surface area contributed by atoms with Gasteiger partial charge in [-0.05, 0) is 13.0 Å². The van der Waals surface area contributed by atoms with E-state index in [0.717, 1.165) is 0 Å². The number of benzene rings is 1. The third-order valence-corrected chi connectivity index (χ3v) is 2.58. The van der Waals surface area contributed by atoms with Crippen LogP contribution in [0, 0.1) is 36.0 Å². The van der Waals surface area contributed by atoms with Gasteiger partial charge in [0.1, 0.15) is 11.8 Å². The summed E-state index contributed by atoms with van der Waals surface area (Å²) >= 11 is 5.64. The summed E-state index contributed by atoms with van der Waals surface area (Å²) in [6.07, 6.45) is 0. The van der Waals surface area contributed by atoms with Gasteiger partial charge in [0, 0.05) is 5.69 Å². The van der Waals surface area contributed by atoms with Crippen LogP contribution in [0.3, 0.4) is 0 Å². The van der Waals surface area contributed by atoms with Crippen LogP contribution in [-0.2, 0) is 6.61 Å². The molecule has 3 nitrogen and oxygen atoms in total. The summed E-state index contributed by atoms with van der Waals surface area (Å²) in [5.41, 5.74) is 0.450. The summed E-state index contributed by atoms with van der Waals surface area (Å²) in [4.78, 5) is 7.54. The number of halogens is 6. The highest BCUT2D eigenvalue weighted by molar-refractivity contribution is 6.29. The van der Waals surface area contributed by atoms with Gasteiger partial charge in [0.2, 0.25) is 29.1 Å². The van der Waals surface area contributed by atoms with Gasteiger partial charge >= 0.3 is 0 Å². The molecule has 9 heteroatoms. The largest absolute Gasteiger partial charge is 0.479 e. The minimum atomic E-state index is -2.26. The molecule has 0 bridgehead atoms. The summed E-state index contributed by atoms with van der Waals surface area (Å²) in [5.74, 6) is -12.0. The van der Waals surface area contributed by atoms with E-state index in [0.29, 0.717) is 5.69 Å². The number of rotatable bonds is 3. The quantitative estimate of drug-likeness (QED) is 0.373. The maximum absolute atomic E-state index is 13.4. The van der Waals surface area contributed by atoms with Crippen LogP contribution < -0.4 is 4.74 Å². The second-order valence-corrected chi connectivity index (χ2v) is 4.32. The zero-order chi connectivity index (χ0) is 15.7. The number of nitrogens with zero attached hydrogens (tertiary/aromatic N) is 2. The Kier molecular flexibility index (Phi) is 4.26. The van der Waals surface area contributed by atoms with Gasteiger partial charge in [-0.15, -0.1) is 0 Å². The Hall–Kier alpha value is -1.96. The predicted octanol–water partition coefficient (Wildman–Crippen LogP) is 3.71. The van der Waals surface area contributed by atoms with Crippen molar-refractivity contribution >= 4 is 11.6 Å². The molecule has 1 heterocycles. The van der Waals surface area contributed by atoms with Crippen molar-refractivity contribution in [2.24, 2.45) is 0 Å². The van der Waals surface area contributed by atoms with Crippen molar-refractivity contribution in [2.75, 3.05) is 0 Å². The van der Waals surface area contributed by atoms with E-state index in [1.807, 2.05) is 0 Å². The first-order valence-electron chi connectivity index (χ1n) is 5.45. The highest BCUT2D eigenvalue weighted by atomic mass is 35.5. The number of aromatic nitrogens is 2. The molecular formula is C12H6ClF5N2O. The summed E-state index contributed by atoms with van der Waals surface area (Å²) in [6.45, 7) is 0.967. The molecule has 1 aromatic heterocycles. The SMILES string of the molecule is Cc1cc(Cl)nc(COc2c(F)c(F)c(F)c(F)c2F)n1. The van der Waals surface area contributed by atoms with Gasteiger partial charge in [-0.25, -0.2) is 23.1 Å². The second kappa shape index (κ2) is 5.80. The van der Waals surface area contributed by atoms with Crippen molar-refractivity contribution in [3.05, 3.63) is 51.8 Å². The van der Waals surface area contributed by atoms with Crippen LogP contribution >= 0.6 is 11.6 Å². The minimum Gasteiger partial charge on any atom is -0.479 e. The molecule has 1 aromatic carbocycles. The molecule has 112 valence electrons. The van der Waals surface area contributed by atoms with Crippen molar-refractivity contribution in [1.82, 2.24) is 9.97 Å². The number of ether oxygens (including phenoxy) is 1. The fourth-order valence-electron chi connectivity index (χ4n) is 1.50. The van der Waals surface area contributed by atoms with Gasteiger partial charge in [-0.1, -0.05) is 11.6 Å². The highest BCUT2D eigenvalue weighted by Gasteiger charge is 2.27. The number of hydrogen-bond donors (Lipinski definition) is 0. The van der Waals surface area contributed by atoms with Crippen LogP contribution in [0.15, 0.2) is 6.07 Å². The van der Waals surface area contributed by atoms with Crippen molar-refractivity contribution in [3.8, 4) is 5.75 Å². The lowest BCUT2D eigenvalue weighted by atomic mass is 10.2. The molecule has 0 saturated heterocycles. The van der Waals surface area contributed by atoms with Crippen LogP contribution in [0.25, 0.3) is 0 Å². The Morgan fingerprint density at radius 3 is 2.00 bits per heavy atom. The average Bonchev–Trinajstić information content (AvgIpc) is 2.42. The lowest BCUT2D eigenvalue weighted by molar-refractivity contribution is 0.247. The van der Waals surface area contributed by atoms with Crippen molar-refractivity contribution in [1.29, 1.82) is 0 Å². The average molecular weight is 325 g/mol. The van der Waals surface area contributed by atoms with E-state index in [1.54, 1.807) is 6.92 Å². The fraction of sp³-hybridized carbons (Fsp3) is 0.167. The molecule has 0 spiro atoms. The Balaban J connectivity index is 2.32. The molecule has 0 amide bonds. The molecule has 0 N–H and O–H groups in total. The third kappa shape index (κ3) is 3.05. The molecule has 0 aliphatic heterocycles. The second-order valence-electron chi connectivity index (χ2n) is 3.94. The van der Waals surface area contributed by atoms with Crippen LogP contribution in [0.5, 0.6) is 5.75 Å². The molecule has 0 fully saturated rings.